The smallest absolute Gasteiger partial charge is 0.257 e. The molecular formula is C24H24ClN5O3S2. The lowest BCUT2D eigenvalue weighted by molar-refractivity contribution is 0.102. The Morgan fingerprint density at radius 1 is 1.09 bits per heavy atom. The summed E-state index contributed by atoms with van der Waals surface area (Å²) in [5.74, 6) is 0.263. The second-order valence-corrected chi connectivity index (χ2v) is 9.25. The van der Waals surface area contributed by atoms with Crippen molar-refractivity contribution < 1.29 is 14.3 Å². The largest absolute Gasteiger partial charge is 0.474 e. The van der Waals surface area contributed by atoms with Crippen LogP contribution in [0.1, 0.15) is 21.5 Å². The Balaban J connectivity index is 0.00000342. The number of rotatable bonds is 9. The average molecular weight is 530 g/mol. The number of nitrogens with zero attached hydrogens (tertiary/aromatic N) is 4. The summed E-state index contributed by atoms with van der Waals surface area (Å²) in [6, 6.07) is 7.54. The summed E-state index contributed by atoms with van der Waals surface area (Å²) in [6.07, 6.45) is 6.49. The molecule has 1 N–H and O–H groups in total. The molecule has 0 atom stereocenters. The Labute approximate surface area is 218 Å². The van der Waals surface area contributed by atoms with Crippen molar-refractivity contribution in [3.8, 4) is 17.1 Å². The van der Waals surface area contributed by atoms with Gasteiger partial charge in [-0.15, -0.1) is 23.7 Å². The number of pyridine rings is 1. The van der Waals surface area contributed by atoms with Crippen molar-refractivity contribution >= 4 is 46.5 Å². The summed E-state index contributed by atoms with van der Waals surface area (Å²) in [4.78, 5) is 30.8. The van der Waals surface area contributed by atoms with Crippen LogP contribution in [-0.4, -0.2) is 46.2 Å². The van der Waals surface area contributed by atoms with Gasteiger partial charge in [0.25, 0.3) is 5.91 Å². The van der Waals surface area contributed by atoms with Crippen LogP contribution in [0.2, 0.25) is 0 Å². The molecule has 3 aromatic heterocycles. The molecular weight excluding hydrogens is 506 g/mol. The number of aromatic nitrogens is 4. The van der Waals surface area contributed by atoms with Crippen molar-refractivity contribution in [3.63, 3.8) is 0 Å². The normalized spacial score (nSPS) is 10.5. The number of hydrogen-bond donors (Lipinski definition) is 1. The molecule has 1 aromatic carbocycles. The number of halogens is 1. The summed E-state index contributed by atoms with van der Waals surface area (Å²) in [7, 11) is 1.62. The van der Waals surface area contributed by atoms with Gasteiger partial charge in [-0.3, -0.25) is 15.1 Å². The zero-order valence-electron chi connectivity index (χ0n) is 19.3. The molecule has 0 bridgehead atoms. The fraction of sp³-hybridized carbons (Fsp3) is 0.208. The molecule has 0 aliphatic heterocycles. The molecule has 3 heterocycles. The van der Waals surface area contributed by atoms with Crippen LogP contribution in [0.3, 0.4) is 0 Å². The second-order valence-electron chi connectivity index (χ2n) is 7.30. The Hall–Kier alpha value is -3.05. The number of methoxy groups -OCH3 is 1. The number of nitrogens with one attached hydrogen (secondary N) is 1. The maximum atomic E-state index is 12.4. The van der Waals surface area contributed by atoms with E-state index in [4.69, 9.17) is 9.47 Å². The van der Waals surface area contributed by atoms with Crippen LogP contribution in [0, 0.1) is 13.8 Å². The predicted octanol–water partition coefficient (Wildman–Crippen LogP) is 5.46. The van der Waals surface area contributed by atoms with Gasteiger partial charge in [-0.2, -0.15) is 0 Å². The zero-order chi connectivity index (χ0) is 23.9. The lowest BCUT2D eigenvalue weighted by Crippen LogP contribution is -2.11. The van der Waals surface area contributed by atoms with Gasteiger partial charge in [-0.05, 0) is 49.2 Å². The van der Waals surface area contributed by atoms with Crippen molar-refractivity contribution in [1.82, 2.24) is 19.9 Å². The van der Waals surface area contributed by atoms with Gasteiger partial charge in [0, 0.05) is 40.9 Å². The van der Waals surface area contributed by atoms with Crippen LogP contribution in [-0.2, 0) is 4.74 Å². The number of anilines is 1. The van der Waals surface area contributed by atoms with Crippen LogP contribution in [0.5, 0.6) is 5.88 Å². The molecule has 8 nitrogen and oxygen atoms in total. The lowest BCUT2D eigenvalue weighted by Gasteiger charge is -2.11. The van der Waals surface area contributed by atoms with Crippen molar-refractivity contribution in [3.05, 3.63) is 71.1 Å². The Bertz CT molecular complexity index is 1250. The maximum absolute atomic E-state index is 12.4. The SMILES string of the molecule is COCCOc1cnc(Sc2cc(C)c(-c3csc(NC(=O)c4ccncc4)n3)c(C)c2)cn1.Cl. The molecule has 0 aliphatic rings. The van der Waals surface area contributed by atoms with Gasteiger partial charge < -0.3 is 9.47 Å². The van der Waals surface area contributed by atoms with Gasteiger partial charge >= 0.3 is 0 Å². The fourth-order valence-electron chi connectivity index (χ4n) is 3.29. The molecule has 35 heavy (non-hydrogen) atoms. The highest BCUT2D eigenvalue weighted by atomic mass is 35.5. The third-order valence-electron chi connectivity index (χ3n) is 4.79. The van der Waals surface area contributed by atoms with Gasteiger partial charge in [0.15, 0.2) is 5.13 Å². The highest BCUT2D eigenvalue weighted by molar-refractivity contribution is 7.99. The molecule has 182 valence electrons. The first kappa shape index (κ1) is 26.6. The third kappa shape index (κ3) is 6.98. The fourth-order valence-corrected chi connectivity index (χ4v) is 4.91. The molecule has 11 heteroatoms. The van der Waals surface area contributed by atoms with Gasteiger partial charge in [0.05, 0.1) is 24.7 Å². The van der Waals surface area contributed by atoms with Crippen molar-refractivity contribution in [1.29, 1.82) is 0 Å². The van der Waals surface area contributed by atoms with E-state index in [0.29, 0.717) is 29.8 Å². The lowest BCUT2D eigenvalue weighted by atomic mass is 10.0. The summed E-state index contributed by atoms with van der Waals surface area (Å²) in [5, 5.41) is 6.14. The number of aryl methyl sites for hydroxylation is 2. The number of thiazole rings is 1. The molecule has 1 amide bonds. The van der Waals surface area contributed by atoms with E-state index < -0.39 is 0 Å². The van der Waals surface area contributed by atoms with Crippen molar-refractivity contribution in [2.24, 2.45) is 0 Å². The van der Waals surface area contributed by atoms with Gasteiger partial charge in [0.2, 0.25) is 5.88 Å². The maximum Gasteiger partial charge on any atom is 0.257 e. The monoisotopic (exact) mass is 529 g/mol. The third-order valence-corrected chi connectivity index (χ3v) is 6.44. The van der Waals surface area contributed by atoms with Crippen molar-refractivity contribution in [2.45, 2.75) is 23.8 Å². The van der Waals surface area contributed by atoms with Crippen LogP contribution in [0.25, 0.3) is 11.3 Å². The van der Waals surface area contributed by atoms with Crippen LogP contribution < -0.4 is 10.1 Å². The number of carbonyl (C=O) groups is 1. The number of amides is 1. The predicted molar refractivity (Wildman–Crippen MR) is 140 cm³/mol. The first-order chi connectivity index (χ1) is 16.5. The summed E-state index contributed by atoms with van der Waals surface area (Å²) in [5.41, 5.74) is 4.61. The average Bonchev–Trinajstić information content (AvgIpc) is 3.28. The molecule has 0 saturated heterocycles. The van der Waals surface area contributed by atoms with Gasteiger partial charge in [-0.25, -0.2) is 15.0 Å². The molecule has 4 rings (SSSR count). The van der Waals surface area contributed by atoms with Crippen LogP contribution in [0.15, 0.2) is 64.4 Å². The Morgan fingerprint density at radius 3 is 2.49 bits per heavy atom. The van der Waals surface area contributed by atoms with E-state index in [0.717, 1.165) is 32.3 Å². The minimum absolute atomic E-state index is 0. The van der Waals surface area contributed by atoms with E-state index in [-0.39, 0.29) is 18.3 Å². The summed E-state index contributed by atoms with van der Waals surface area (Å²) < 4.78 is 10.4. The highest BCUT2D eigenvalue weighted by Gasteiger charge is 2.14. The molecule has 0 radical (unpaired) electrons. The second kappa shape index (κ2) is 12.6. The van der Waals surface area contributed by atoms with Gasteiger partial charge in [0.1, 0.15) is 11.6 Å². The molecule has 0 spiro atoms. The minimum atomic E-state index is -0.209. The van der Waals surface area contributed by atoms with E-state index in [9.17, 15) is 4.79 Å². The van der Waals surface area contributed by atoms with Crippen LogP contribution in [0.4, 0.5) is 5.13 Å². The number of hydrogen-bond acceptors (Lipinski definition) is 9. The minimum Gasteiger partial charge on any atom is -0.474 e. The number of benzene rings is 1. The number of ether oxygens (including phenoxy) is 2. The van der Waals surface area contributed by atoms with E-state index in [1.807, 2.05) is 5.38 Å². The molecule has 0 saturated carbocycles. The topological polar surface area (TPSA) is 99.1 Å². The van der Waals surface area contributed by atoms with E-state index >= 15 is 0 Å². The van der Waals surface area contributed by atoms with Crippen molar-refractivity contribution in [2.75, 3.05) is 25.6 Å². The zero-order valence-corrected chi connectivity index (χ0v) is 21.8. The molecule has 4 aromatic rings. The van der Waals surface area contributed by atoms with E-state index in [1.165, 1.54) is 23.1 Å². The number of carbonyl (C=O) groups excluding carboxylic acids is 1. The standard InChI is InChI=1S/C24H23N5O3S2.ClH/c1-15-10-18(34-21-13-26-20(12-27-21)32-9-8-31-3)11-16(2)22(15)19-14-33-24(28-19)29-23(30)17-4-6-25-7-5-17;/h4-7,10-14H,8-9H2,1-3H3,(H,28,29,30);1H. The highest BCUT2D eigenvalue weighted by Crippen LogP contribution is 2.35. The Kier molecular flexibility index (Phi) is 9.55. The quantitative estimate of drug-likeness (QED) is 0.285. The molecule has 0 aliphatic carbocycles. The van der Waals surface area contributed by atoms with E-state index in [1.54, 1.807) is 44.0 Å². The molecule has 0 fully saturated rings. The first-order valence-corrected chi connectivity index (χ1v) is 12.1. The summed E-state index contributed by atoms with van der Waals surface area (Å²) >= 11 is 2.93. The van der Waals surface area contributed by atoms with Crippen LogP contribution >= 0.6 is 35.5 Å². The van der Waals surface area contributed by atoms with E-state index in [2.05, 4.69) is 51.2 Å². The summed E-state index contributed by atoms with van der Waals surface area (Å²) in [6.45, 7) is 5.04. The Morgan fingerprint density at radius 2 is 1.83 bits per heavy atom. The first-order valence-electron chi connectivity index (χ1n) is 10.4. The van der Waals surface area contributed by atoms with Gasteiger partial charge in [-0.1, -0.05) is 11.8 Å². The molecule has 0 unspecified atom stereocenters.